The first-order valence-electron chi connectivity index (χ1n) is 7.22. The number of hydrogen-bond acceptors (Lipinski definition) is 3. The van der Waals surface area contributed by atoms with E-state index in [1.165, 1.54) is 0 Å². The lowest BCUT2D eigenvalue weighted by Gasteiger charge is -2.31. The van der Waals surface area contributed by atoms with Gasteiger partial charge in [-0.05, 0) is 31.1 Å². The van der Waals surface area contributed by atoms with Crippen molar-refractivity contribution in [2.75, 3.05) is 6.54 Å². The monoisotopic (exact) mass is 286 g/mol. The van der Waals surface area contributed by atoms with Gasteiger partial charge < -0.3 is 16.2 Å². The Bertz CT molecular complexity index is 333. The van der Waals surface area contributed by atoms with E-state index in [1.54, 1.807) is 0 Å². The zero-order valence-electron chi connectivity index (χ0n) is 13.5. The van der Waals surface area contributed by atoms with E-state index in [4.69, 9.17) is 10.8 Å². The highest BCUT2D eigenvalue weighted by Crippen LogP contribution is 2.33. The number of nitrogens with two attached hydrogens (primary N) is 1. The van der Waals surface area contributed by atoms with Gasteiger partial charge in [-0.25, -0.2) is 0 Å². The van der Waals surface area contributed by atoms with E-state index in [-0.39, 0.29) is 11.3 Å². The molecular formula is C15H30N2O3. The van der Waals surface area contributed by atoms with Gasteiger partial charge in [0.2, 0.25) is 5.91 Å². The first kappa shape index (κ1) is 18.9. The number of aliphatic carboxylic acids is 1. The number of carbonyl (C=O) groups is 2. The zero-order chi connectivity index (χ0) is 16.0. The van der Waals surface area contributed by atoms with Gasteiger partial charge in [-0.1, -0.05) is 34.6 Å². The Labute approximate surface area is 122 Å². The maximum absolute atomic E-state index is 12.1. The van der Waals surface area contributed by atoms with E-state index in [1.807, 2.05) is 13.8 Å². The normalized spacial score (nSPS) is 13.9. The van der Waals surface area contributed by atoms with Crippen molar-refractivity contribution in [3.63, 3.8) is 0 Å². The van der Waals surface area contributed by atoms with Crippen molar-refractivity contribution in [2.24, 2.45) is 16.6 Å². The van der Waals surface area contributed by atoms with E-state index in [2.05, 4.69) is 26.1 Å². The summed E-state index contributed by atoms with van der Waals surface area (Å²) in [6.07, 6.45) is 2.71. The lowest BCUT2D eigenvalue weighted by molar-refractivity contribution is -0.138. The third-order valence-electron chi connectivity index (χ3n) is 3.13. The second-order valence-electron chi connectivity index (χ2n) is 7.32. The van der Waals surface area contributed by atoms with Crippen LogP contribution in [0.2, 0.25) is 0 Å². The molecule has 1 unspecified atom stereocenters. The van der Waals surface area contributed by atoms with Crippen LogP contribution >= 0.6 is 0 Å². The summed E-state index contributed by atoms with van der Waals surface area (Å²) in [4.78, 5) is 22.7. The summed E-state index contributed by atoms with van der Waals surface area (Å²) in [5, 5.41) is 11.6. The molecule has 0 bridgehead atoms. The number of amides is 1. The molecule has 0 heterocycles. The number of carboxylic acid groups (broad SMARTS) is 1. The molecule has 0 saturated heterocycles. The summed E-state index contributed by atoms with van der Waals surface area (Å²) in [6.45, 7) is 10.8. The van der Waals surface area contributed by atoms with Crippen molar-refractivity contribution in [1.82, 2.24) is 5.32 Å². The Morgan fingerprint density at radius 1 is 1.15 bits per heavy atom. The summed E-state index contributed by atoms with van der Waals surface area (Å²) in [5.41, 5.74) is 5.12. The predicted octanol–water partition coefficient (Wildman–Crippen LogP) is 2.15. The summed E-state index contributed by atoms with van der Waals surface area (Å²) >= 11 is 0. The fraction of sp³-hybridized carbons (Fsp3) is 0.867. The minimum absolute atomic E-state index is 0.0509. The molecular weight excluding hydrogens is 256 g/mol. The molecule has 20 heavy (non-hydrogen) atoms. The lowest BCUT2D eigenvalue weighted by atomic mass is 9.76. The Morgan fingerprint density at radius 3 is 2.15 bits per heavy atom. The molecule has 0 aromatic heterocycles. The van der Waals surface area contributed by atoms with Gasteiger partial charge in [-0.15, -0.1) is 0 Å². The van der Waals surface area contributed by atoms with Crippen LogP contribution in [0.15, 0.2) is 0 Å². The van der Waals surface area contributed by atoms with Gasteiger partial charge in [0, 0.05) is 12.0 Å². The Morgan fingerprint density at radius 2 is 1.70 bits per heavy atom. The van der Waals surface area contributed by atoms with Gasteiger partial charge in [0.05, 0.1) is 0 Å². The molecule has 0 aliphatic rings. The average Bonchev–Trinajstić information content (AvgIpc) is 2.24. The zero-order valence-corrected chi connectivity index (χ0v) is 13.5. The molecule has 0 aliphatic carbocycles. The number of carbonyl (C=O) groups excluding carboxylic acids is 1. The summed E-state index contributed by atoms with van der Waals surface area (Å²) in [6, 6.07) is -0.803. The van der Waals surface area contributed by atoms with Crippen molar-refractivity contribution < 1.29 is 14.7 Å². The molecule has 1 amide bonds. The first-order valence-corrected chi connectivity index (χ1v) is 7.22. The van der Waals surface area contributed by atoms with Crippen molar-refractivity contribution in [3.05, 3.63) is 0 Å². The molecule has 0 aromatic rings. The van der Waals surface area contributed by atoms with Crippen LogP contribution < -0.4 is 11.1 Å². The quantitative estimate of drug-likeness (QED) is 0.596. The fourth-order valence-corrected chi connectivity index (χ4v) is 2.46. The van der Waals surface area contributed by atoms with E-state index < -0.39 is 17.4 Å². The molecule has 0 saturated carbocycles. The van der Waals surface area contributed by atoms with Gasteiger partial charge in [0.15, 0.2) is 0 Å². The van der Waals surface area contributed by atoms with Crippen LogP contribution in [0.3, 0.4) is 0 Å². The molecule has 0 fully saturated rings. The SMILES string of the molecule is CC(C)(C)CC(C)(C)C(=O)NCCCCC(N)C(=O)O. The Kier molecular flexibility index (Phi) is 7.20. The van der Waals surface area contributed by atoms with Gasteiger partial charge in [-0.2, -0.15) is 0 Å². The van der Waals surface area contributed by atoms with Crippen LogP contribution in [0.4, 0.5) is 0 Å². The van der Waals surface area contributed by atoms with Crippen LogP contribution in [-0.4, -0.2) is 29.6 Å². The number of hydrogen-bond donors (Lipinski definition) is 3. The fourth-order valence-electron chi connectivity index (χ4n) is 2.46. The summed E-state index contributed by atoms with van der Waals surface area (Å²) < 4.78 is 0. The molecule has 0 aliphatic heterocycles. The van der Waals surface area contributed by atoms with E-state index in [9.17, 15) is 9.59 Å². The molecule has 0 aromatic carbocycles. The number of carboxylic acids is 1. The maximum atomic E-state index is 12.1. The van der Waals surface area contributed by atoms with Crippen LogP contribution in [0.25, 0.3) is 0 Å². The van der Waals surface area contributed by atoms with Crippen LogP contribution in [-0.2, 0) is 9.59 Å². The van der Waals surface area contributed by atoms with Crippen molar-refractivity contribution in [2.45, 2.75) is 66.3 Å². The number of rotatable bonds is 8. The minimum Gasteiger partial charge on any atom is -0.480 e. The predicted molar refractivity (Wildman–Crippen MR) is 80.3 cm³/mol. The molecule has 4 N–H and O–H groups in total. The second kappa shape index (κ2) is 7.62. The van der Waals surface area contributed by atoms with Crippen molar-refractivity contribution in [1.29, 1.82) is 0 Å². The molecule has 0 spiro atoms. The molecule has 5 nitrogen and oxygen atoms in total. The highest BCUT2D eigenvalue weighted by Gasteiger charge is 2.32. The minimum atomic E-state index is -0.972. The largest absolute Gasteiger partial charge is 0.480 e. The van der Waals surface area contributed by atoms with E-state index >= 15 is 0 Å². The smallest absolute Gasteiger partial charge is 0.320 e. The first-order chi connectivity index (χ1) is 8.96. The summed E-state index contributed by atoms with van der Waals surface area (Å²) in [5.74, 6) is -0.921. The topological polar surface area (TPSA) is 92.4 Å². The van der Waals surface area contributed by atoms with Gasteiger partial charge in [0.1, 0.15) is 6.04 Å². The Hall–Kier alpha value is -1.10. The second-order valence-corrected chi connectivity index (χ2v) is 7.32. The third kappa shape index (κ3) is 8.15. The maximum Gasteiger partial charge on any atom is 0.320 e. The average molecular weight is 286 g/mol. The van der Waals surface area contributed by atoms with E-state index in [0.717, 1.165) is 12.8 Å². The van der Waals surface area contributed by atoms with Crippen molar-refractivity contribution in [3.8, 4) is 0 Å². The number of nitrogens with one attached hydrogen (secondary N) is 1. The number of unbranched alkanes of at least 4 members (excludes halogenated alkanes) is 1. The van der Waals surface area contributed by atoms with Crippen molar-refractivity contribution >= 4 is 11.9 Å². The van der Waals surface area contributed by atoms with Crippen LogP contribution in [0.5, 0.6) is 0 Å². The van der Waals surface area contributed by atoms with E-state index in [0.29, 0.717) is 19.4 Å². The Balaban J connectivity index is 3.96. The molecule has 118 valence electrons. The molecule has 0 rings (SSSR count). The van der Waals surface area contributed by atoms with Gasteiger partial charge in [-0.3, -0.25) is 9.59 Å². The van der Waals surface area contributed by atoms with Crippen LogP contribution in [0, 0.1) is 10.8 Å². The van der Waals surface area contributed by atoms with Gasteiger partial charge >= 0.3 is 5.97 Å². The third-order valence-corrected chi connectivity index (χ3v) is 3.13. The standard InChI is InChI=1S/C15H30N2O3/c1-14(2,3)10-15(4,5)13(20)17-9-7-6-8-11(16)12(18)19/h11H,6-10,16H2,1-5H3,(H,17,20)(H,18,19). The molecule has 1 atom stereocenters. The summed E-state index contributed by atoms with van der Waals surface area (Å²) in [7, 11) is 0. The highest BCUT2D eigenvalue weighted by atomic mass is 16.4. The van der Waals surface area contributed by atoms with Gasteiger partial charge in [0.25, 0.3) is 0 Å². The molecule has 5 heteroatoms. The lowest BCUT2D eigenvalue weighted by Crippen LogP contribution is -2.39. The highest BCUT2D eigenvalue weighted by molar-refractivity contribution is 5.81. The van der Waals surface area contributed by atoms with Crippen LogP contribution in [0.1, 0.15) is 60.3 Å². The molecule has 0 radical (unpaired) electrons.